The molecule has 15 heavy (non-hydrogen) atoms. The van der Waals surface area contributed by atoms with E-state index < -0.39 is 8.56 Å². The summed E-state index contributed by atoms with van der Waals surface area (Å²) in [7, 11) is -2.24. The van der Waals surface area contributed by atoms with Crippen LogP contribution in [0.2, 0.25) is 11.6 Å². The van der Waals surface area contributed by atoms with Gasteiger partial charge < -0.3 is 8.85 Å². The minimum atomic E-state index is -2.24. The quantitative estimate of drug-likeness (QED) is 0.742. The summed E-state index contributed by atoms with van der Waals surface area (Å²) in [5.74, 6) is 0. The van der Waals surface area contributed by atoms with Crippen molar-refractivity contribution in [1.82, 2.24) is 0 Å². The first-order chi connectivity index (χ1) is 7.12. The molecule has 0 atom stereocenters. The summed E-state index contributed by atoms with van der Waals surface area (Å²) in [6.07, 6.45) is 0. The van der Waals surface area contributed by atoms with Crippen LogP contribution in [-0.4, -0.2) is 21.8 Å². The second kappa shape index (κ2) is 5.65. The second-order valence-electron chi connectivity index (χ2n) is 3.32. The molecule has 0 N–H and O–H groups in total. The van der Waals surface area contributed by atoms with E-state index in [0.29, 0.717) is 13.2 Å². The van der Waals surface area contributed by atoms with E-state index in [9.17, 15) is 0 Å². The standard InChI is InChI=1S/C11H17ClO2Si/c1-4-13-15(3,14-5-2)11-8-6-7-10(12)9-11/h6-9H,4-5H2,1-3H3. The zero-order valence-corrected chi connectivity index (χ0v) is 11.2. The van der Waals surface area contributed by atoms with Crippen molar-refractivity contribution in [1.29, 1.82) is 0 Å². The number of halogens is 1. The van der Waals surface area contributed by atoms with E-state index in [1.54, 1.807) is 0 Å². The molecular formula is C11H17ClO2Si. The topological polar surface area (TPSA) is 18.5 Å². The van der Waals surface area contributed by atoms with E-state index in [1.165, 1.54) is 0 Å². The Hall–Kier alpha value is -0.353. The van der Waals surface area contributed by atoms with Crippen molar-refractivity contribution in [2.45, 2.75) is 20.4 Å². The van der Waals surface area contributed by atoms with Crippen LogP contribution in [-0.2, 0) is 8.85 Å². The molecule has 0 amide bonds. The third-order valence-electron chi connectivity index (χ3n) is 2.19. The van der Waals surface area contributed by atoms with Gasteiger partial charge in [-0.15, -0.1) is 0 Å². The van der Waals surface area contributed by atoms with Crippen LogP contribution in [0.4, 0.5) is 0 Å². The summed E-state index contributed by atoms with van der Waals surface area (Å²) in [6.45, 7) is 7.33. The third-order valence-corrected chi connectivity index (χ3v) is 5.46. The van der Waals surface area contributed by atoms with Crippen molar-refractivity contribution < 1.29 is 8.85 Å². The summed E-state index contributed by atoms with van der Waals surface area (Å²) < 4.78 is 11.5. The van der Waals surface area contributed by atoms with Crippen LogP contribution in [0.1, 0.15) is 13.8 Å². The van der Waals surface area contributed by atoms with E-state index in [4.69, 9.17) is 20.5 Å². The average molecular weight is 245 g/mol. The molecule has 84 valence electrons. The van der Waals surface area contributed by atoms with Crippen LogP contribution in [0.25, 0.3) is 0 Å². The fraction of sp³-hybridized carbons (Fsp3) is 0.455. The zero-order chi connectivity index (χ0) is 11.3. The van der Waals surface area contributed by atoms with Crippen molar-refractivity contribution in [3.05, 3.63) is 29.3 Å². The zero-order valence-electron chi connectivity index (χ0n) is 9.42. The van der Waals surface area contributed by atoms with Crippen LogP contribution in [0.5, 0.6) is 0 Å². The lowest BCUT2D eigenvalue weighted by Gasteiger charge is -2.26. The minimum absolute atomic E-state index is 0.662. The Morgan fingerprint density at radius 2 is 1.80 bits per heavy atom. The number of hydrogen-bond acceptors (Lipinski definition) is 2. The molecule has 2 nitrogen and oxygen atoms in total. The Morgan fingerprint density at radius 3 is 2.27 bits per heavy atom. The Kier molecular flexibility index (Phi) is 4.79. The molecule has 0 saturated carbocycles. The first-order valence-electron chi connectivity index (χ1n) is 5.16. The van der Waals surface area contributed by atoms with E-state index in [2.05, 4.69) is 0 Å². The smallest absolute Gasteiger partial charge is 0.369 e. The van der Waals surface area contributed by atoms with Crippen molar-refractivity contribution in [2.24, 2.45) is 0 Å². The Bertz CT molecular complexity index is 311. The Labute approximate surface area is 97.4 Å². The van der Waals surface area contributed by atoms with Gasteiger partial charge in [0.2, 0.25) is 0 Å². The van der Waals surface area contributed by atoms with Crippen LogP contribution in [0.3, 0.4) is 0 Å². The molecule has 1 aromatic rings. The van der Waals surface area contributed by atoms with Crippen LogP contribution in [0, 0.1) is 0 Å². The molecule has 0 aromatic heterocycles. The molecule has 0 aliphatic rings. The first-order valence-corrected chi connectivity index (χ1v) is 7.85. The first kappa shape index (κ1) is 12.7. The van der Waals surface area contributed by atoms with Crippen molar-refractivity contribution >= 4 is 25.3 Å². The van der Waals surface area contributed by atoms with Gasteiger partial charge in [-0.1, -0.05) is 23.7 Å². The monoisotopic (exact) mass is 244 g/mol. The van der Waals surface area contributed by atoms with E-state index in [0.717, 1.165) is 10.2 Å². The minimum Gasteiger partial charge on any atom is -0.391 e. The van der Waals surface area contributed by atoms with Gasteiger partial charge in [-0.2, -0.15) is 0 Å². The van der Waals surface area contributed by atoms with Gasteiger partial charge in [-0.25, -0.2) is 0 Å². The highest BCUT2D eigenvalue weighted by Crippen LogP contribution is 2.12. The van der Waals surface area contributed by atoms with Crippen molar-refractivity contribution in [2.75, 3.05) is 13.2 Å². The van der Waals surface area contributed by atoms with Gasteiger partial charge in [0.15, 0.2) is 0 Å². The van der Waals surface area contributed by atoms with Crippen LogP contribution in [0.15, 0.2) is 24.3 Å². The van der Waals surface area contributed by atoms with Gasteiger partial charge in [0, 0.05) is 18.2 Å². The molecule has 0 aliphatic carbocycles. The Morgan fingerprint density at radius 1 is 1.20 bits per heavy atom. The molecular weight excluding hydrogens is 228 g/mol. The lowest BCUT2D eigenvalue weighted by atomic mass is 10.4. The summed E-state index contributed by atoms with van der Waals surface area (Å²) in [5.41, 5.74) is 0. The van der Waals surface area contributed by atoms with Gasteiger partial charge in [0.05, 0.1) is 0 Å². The average Bonchev–Trinajstić information content (AvgIpc) is 2.18. The van der Waals surface area contributed by atoms with Crippen LogP contribution >= 0.6 is 11.6 Å². The molecule has 0 fully saturated rings. The molecule has 1 aromatic carbocycles. The molecule has 0 spiro atoms. The highest BCUT2D eigenvalue weighted by Gasteiger charge is 2.33. The van der Waals surface area contributed by atoms with Crippen molar-refractivity contribution in [3.63, 3.8) is 0 Å². The lowest BCUT2D eigenvalue weighted by Crippen LogP contribution is -2.51. The molecule has 0 aliphatic heterocycles. The van der Waals surface area contributed by atoms with Crippen molar-refractivity contribution in [3.8, 4) is 0 Å². The third kappa shape index (κ3) is 3.31. The predicted molar refractivity (Wildman–Crippen MR) is 66.0 cm³/mol. The molecule has 4 heteroatoms. The number of benzene rings is 1. The number of hydrogen-bond donors (Lipinski definition) is 0. The summed E-state index contributed by atoms with van der Waals surface area (Å²) in [6, 6.07) is 7.74. The van der Waals surface area contributed by atoms with Gasteiger partial charge >= 0.3 is 8.56 Å². The maximum absolute atomic E-state index is 5.96. The fourth-order valence-corrected chi connectivity index (χ4v) is 4.15. The van der Waals surface area contributed by atoms with Gasteiger partial charge in [-0.05, 0) is 37.7 Å². The summed E-state index contributed by atoms with van der Waals surface area (Å²) in [5, 5.41) is 1.81. The predicted octanol–water partition coefficient (Wildman–Crippen LogP) is 2.69. The highest BCUT2D eigenvalue weighted by molar-refractivity contribution is 6.80. The summed E-state index contributed by atoms with van der Waals surface area (Å²) in [4.78, 5) is 0. The van der Waals surface area contributed by atoms with Crippen LogP contribution < -0.4 is 5.19 Å². The Balaban J connectivity index is 2.97. The SMILES string of the molecule is CCO[Si](C)(OCC)c1cccc(Cl)c1. The van der Waals surface area contributed by atoms with E-state index >= 15 is 0 Å². The molecule has 0 unspecified atom stereocenters. The largest absolute Gasteiger partial charge is 0.391 e. The molecule has 0 saturated heterocycles. The maximum atomic E-state index is 5.96. The van der Waals surface area contributed by atoms with Gasteiger partial charge in [-0.3, -0.25) is 0 Å². The lowest BCUT2D eigenvalue weighted by molar-refractivity contribution is 0.202. The fourth-order valence-electron chi connectivity index (χ4n) is 1.53. The number of rotatable bonds is 5. The maximum Gasteiger partial charge on any atom is 0.369 e. The summed E-state index contributed by atoms with van der Waals surface area (Å²) >= 11 is 5.96. The molecule has 1 rings (SSSR count). The molecule has 0 radical (unpaired) electrons. The van der Waals surface area contributed by atoms with E-state index in [1.807, 2.05) is 44.7 Å². The highest BCUT2D eigenvalue weighted by atomic mass is 35.5. The van der Waals surface area contributed by atoms with E-state index in [-0.39, 0.29) is 0 Å². The molecule has 0 heterocycles. The second-order valence-corrected chi connectivity index (χ2v) is 6.80. The van der Waals surface area contributed by atoms with Gasteiger partial charge in [0.1, 0.15) is 0 Å². The van der Waals surface area contributed by atoms with Gasteiger partial charge in [0.25, 0.3) is 0 Å². The molecule has 0 bridgehead atoms. The normalized spacial score (nSPS) is 11.7.